The summed E-state index contributed by atoms with van der Waals surface area (Å²) in [6.07, 6.45) is -4.39. The number of halogens is 5. The number of nitrogens with one attached hydrogen (secondary N) is 1. The van der Waals surface area contributed by atoms with Crippen LogP contribution in [0.3, 0.4) is 0 Å². The maximum Gasteiger partial charge on any atom is 0.416 e. The zero-order valence-corrected chi connectivity index (χ0v) is 13.9. The Morgan fingerprint density at radius 2 is 1.71 bits per heavy atom. The highest BCUT2D eigenvalue weighted by molar-refractivity contribution is 14.1. The molecule has 0 radical (unpaired) electrons. The highest BCUT2D eigenvalue weighted by atomic mass is 127. The Bertz CT molecular complexity index is 626. The molecule has 0 heterocycles. The molecule has 2 rings (SSSR count). The largest absolute Gasteiger partial charge is 0.416 e. The van der Waals surface area contributed by atoms with Gasteiger partial charge in [-0.15, -0.1) is 0 Å². The van der Waals surface area contributed by atoms with Gasteiger partial charge in [0.25, 0.3) is 0 Å². The molecule has 1 N–H and O–H groups in total. The number of benzene rings is 2. The Morgan fingerprint density at radius 1 is 1.10 bits per heavy atom. The van der Waals surface area contributed by atoms with Gasteiger partial charge in [0.15, 0.2) is 0 Å². The average molecular weight is 426 g/mol. The molecule has 0 saturated heterocycles. The Balaban J connectivity index is 2.18. The van der Waals surface area contributed by atoms with Crippen LogP contribution in [0.1, 0.15) is 24.1 Å². The minimum Gasteiger partial charge on any atom is -0.377 e. The molecule has 0 saturated carbocycles. The molecule has 112 valence electrons. The fourth-order valence-electron chi connectivity index (χ4n) is 1.88. The van der Waals surface area contributed by atoms with Crippen molar-refractivity contribution in [3.05, 3.63) is 62.2 Å². The lowest BCUT2D eigenvalue weighted by Gasteiger charge is -2.18. The van der Waals surface area contributed by atoms with E-state index in [1.54, 1.807) is 0 Å². The molecule has 21 heavy (non-hydrogen) atoms. The van der Waals surface area contributed by atoms with E-state index in [9.17, 15) is 13.2 Å². The predicted octanol–water partition coefficient (Wildman–Crippen LogP) is 6.14. The first kappa shape index (κ1) is 16.4. The highest BCUT2D eigenvalue weighted by Crippen LogP contribution is 2.34. The lowest BCUT2D eigenvalue weighted by molar-refractivity contribution is -0.137. The standard InChI is InChI=1S/C15H12ClF3IN/c1-9(10-2-5-12(20)6-3-10)21-14-7-4-11(8-13(14)16)15(17,18)19/h2-9,21H,1H3. The second-order valence-electron chi connectivity index (χ2n) is 4.61. The van der Waals surface area contributed by atoms with E-state index >= 15 is 0 Å². The van der Waals surface area contributed by atoms with Gasteiger partial charge in [0.05, 0.1) is 16.3 Å². The van der Waals surface area contributed by atoms with Crippen LogP contribution in [0.25, 0.3) is 0 Å². The molecule has 0 amide bonds. The molecule has 1 atom stereocenters. The van der Waals surface area contributed by atoms with Crippen molar-refractivity contribution in [3.63, 3.8) is 0 Å². The third-order valence-corrected chi connectivity index (χ3v) is 4.07. The molecular weight excluding hydrogens is 414 g/mol. The third-order valence-electron chi connectivity index (χ3n) is 3.04. The molecule has 1 unspecified atom stereocenters. The Morgan fingerprint density at radius 3 is 2.24 bits per heavy atom. The Kier molecular flexibility index (Phi) is 5.03. The van der Waals surface area contributed by atoms with E-state index in [1.165, 1.54) is 6.07 Å². The SMILES string of the molecule is CC(Nc1ccc(C(F)(F)F)cc1Cl)c1ccc(I)cc1. The van der Waals surface area contributed by atoms with Crippen molar-refractivity contribution in [1.29, 1.82) is 0 Å². The predicted molar refractivity (Wildman–Crippen MR) is 87.7 cm³/mol. The van der Waals surface area contributed by atoms with Crippen molar-refractivity contribution in [3.8, 4) is 0 Å². The zero-order valence-electron chi connectivity index (χ0n) is 11.0. The normalized spacial score (nSPS) is 13.0. The van der Waals surface area contributed by atoms with E-state index in [0.29, 0.717) is 5.69 Å². The second kappa shape index (κ2) is 6.44. The summed E-state index contributed by atoms with van der Waals surface area (Å²) in [7, 11) is 0. The van der Waals surface area contributed by atoms with Crippen LogP contribution < -0.4 is 5.32 Å². The first-order valence-electron chi connectivity index (χ1n) is 6.16. The van der Waals surface area contributed by atoms with Crippen LogP contribution in [0.4, 0.5) is 18.9 Å². The van der Waals surface area contributed by atoms with E-state index in [1.807, 2.05) is 31.2 Å². The number of alkyl halides is 3. The van der Waals surface area contributed by atoms with Gasteiger partial charge >= 0.3 is 6.18 Å². The van der Waals surface area contributed by atoms with E-state index in [0.717, 1.165) is 21.3 Å². The van der Waals surface area contributed by atoms with Crippen molar-refractivity contribution >= 4 is 39.9 Å². The van der Waals surface area contributed by atoms with Crippen LogP contribution in [0.5, 0.6) is 0 Å². The van der Waals surface area contributed by atoms with E-state index in [4.69, 9.17) is 11.6 Å². The van der Waals surface area contributed by atoms with Crippen molar-refractivity contribution in [1.82, 2.24) is 0 Å². The Labute approximate surface area is 139 Å². The summed E-state index contributed by atoms with van der Waals surface area (Å²) in [4.78, 5) is 0. The van der Waals surface area contributed by atoms with Crippen LogP contribution in [-0.4, -0.2) is 0 Å². The summed E-state index contributed by atoms with van der Waals surface area (Å²) in [5.74, 6) is 0. The first-order valence-corrected chi connectivity index (χ1v) is 7.62. The molecule has 0 aliphatic carbocycles. The molecule has 0 bridgehead atoms. The quantitative estimate of drug-likeness (QED) is 0.583. The number of hydrogen-bond acceptors (Lipinski definition) is 1. The molecule has 6 heteroatoms. The van der Waals surface area contributed by atoms with Gasteiger partial charge < -0.3 is 5.32 Å². The topological polar surface area (TPSA) is 12.0 Å². The van der Waals surface area contributed by atoms with Crippen LogP contribution in [0.2, 0.25) is 5.02 Å². The summed E-state index contributed by atoms with van der Waals surface area (Å²) in [5, 5.41) is 3.18. The summed E-state index contributed by atoms with van der Waals surface area (Å²) < 4.78 is 38.9. The summed E-state index contributed by atoms with van der Waals surface area (Å²) in [6, 6.07) is 11.1. The maximum atomic E-state index is 12.6. The molecule has 2 aromatic rings. The van der Waals surface area contributed by atoms with Crippen LogP contribution in [-0.2, 0) is 6.18 Å². The van der Waals surface area contributed by atoms with Gasteiger partial charge in [-0.1, -0.05) is 23.7 Å². The lowest BCUT2D eigenvalue weighted by atomic mass is 10.1. The van der Waals surface area contributed by atoms with Crippen molar-refractivity contribution in [2.24, 2.45) is 0 Å². The zero-order chi connectivity index (χ0) is 15.6. The van der Waals surface area contributed by atoms with Gasteiger partial charge in [0, 0.05) is 9.61 Å². The van der Waals surface area contributed by atoms with E-state index in [2.05, 4.69) is 27.9 Å². The Hall–Kier alpha value is -0.950. The van der Waals surface area contributed by atoms with Crippen molar-refractivity contribution < 1.29 is 13.2 Å². The van der Waals surface area contributed by atoms with Gasteiger partial charge in [-0.25, -0.2) is 0 Å². The fraction of sp³-hybridized carbons (Fsp3) is 0.200. The van der Waals surface area contributed by atoms with Gasteiger partial charge in [0.1, 0.15) is 0 Å². The monoisotopic (exact) mass is 425 g/mol. The maximum absolute atomic E-state index is 12.6. The molecule has 0 aliphatic rings. The number of anilines is 1. The molecule has 0 spiro atoms. The average Bonchev–Trinajstić information content (AvgIpc) is 2.40. The van der Waals surface area contributed by atoms with Crippen LogP contribution >= 0.6 is 34.2 Å². The van der Waals surface area contributed by atoms with Gasteiger partial charge in [0.2, 0.25) is 0 Å². The molecule has 1 nitrogen and oxygen atoms in total. The summed E-state index contributed by atoms with van der Waals surface area (Å²) in [6.45, 7) is 1.93. The van der Waals surface area contributed by atoms with Crippen LogP contribution in [0, 0.1) is 3.57 Å². The molecule has 0 aromatic heterocycles. The van der Waals surface area contributed by atoms with Gasteiger partial charge in [-0.3, -0.25) is 0 Å². The molecular formula is C15H12ClF3IN. The number of hydrogen-bond donors (Lipinski definition) is 1. The molecule has 0 fully saturated rings. The van der Waals surface area contributed by atoms with E-state index in [-0.39, 0.29) is 11.1 Å². The van der Waals surface area contributed by atoms with Crippen molar-refractivity contribution in [2.45, 2.75) is 19.1 Å². The number of rotatable bonds is 3. The minimum atomic E-state index is -4.39. The third kappa shape index (κ3) is 4.26. The van der Waals surface area contributed by atoms with Crippen LogP contribution in [0.15, 0.2) is 42.5 Å². The molecule has 0 aliphatic heterocycles. The highest BCUT2D eigenvalue weighted by Gasteiger charge is 2.30. The second-order valence-corrected chi connectivity index (χ2v) is 6.26. The van der Waals surface area contributed by atoms with Crippen molar-refractivity contribution in [2.75, 3.05) is 5.32 Å². The van der Waals surface area contributed by atoms with E-state index < -0.39 is 11.7 Å². The summed E-state index contributed by atoms with van der Waals surface area (Å²) >= 11 is 8.14. The van der Waals surface area contributed by atoms with Gasteiger partial charge in [-0.05, 0) is 65.4 Å². The minimum absolute atomic E-state index is 0.0576. The smallest absolute Gasteiger partial charge is 0.377 e. The van der Waals surface area contributed by atoms with Gasteiger partial charge in [-0.2, -0.15) is 13.2 Å². The summed E-state index contributed by atoms with van der Waals surface area (Å²) in [5.41, 5.74) is 0.766. The lowest BCUT2D eigenvalue weighted by Crippen LogP contribution is -2.09. The first-order chi connectivity index (χ1) is 9.77. The fourth-order valence-corrected chi connectivity index (χ4v) is 2.47. The molecule has 2 aromatic carbocycles.